The number of amides is 1. The van der Waals surface area contributed by atoms with Crippen LogP contribution in [0.5, 0.6) is 5.75 Å². The highest BCUT2D eigenvalue weighted by molar-refractivity contribution is 6.02. The number of hydrogen-bond acceptors (Lipinski definition) is 3. The number of nitrogens with zero attached hydrogens (tertiary/aromatic N) is 2. The minimum atomic E-state index is -0.320. The fourth-order valence-electron chi connectivity index (χ4n) is 2.44. The Bertz CT molecular complexity index is 863. The van der Waals surface area contributed by atoms with Crippen LogP contribution in [0.4, 0.5) is 4.39 Å². The lowest BCUT2D eigenvalue weighted by Gasteiger charge is -2.18. The first kappa shape index (κ1) is 15.0. The monoisotopic (exact) mass is 310 g/mol. The van der Waals surface area contributed by atoms with Crippen LogP contribution in [0.15, 0.2) is 54.7 Å². The van der Waals surface area contributed by atoms with E-state index in [4.69, 9.17) is 0 Å². The fourth-order valence-corrected chi connectivity index (χ4v) is 2.44. The Labute approximate surface area is 132 Å². The number of phenolic OH excluding ortho intramolecular Hbond substituents is 1. The van der Waals surface area contributed by atoms with E-state index in [1.165, 1.54) is 17.0 Å². The molecule has 0 aliphatic rings. The van der Waals surface area contributed by atoms with Gasteiger partial charge in [-0.2, -0.15) is 0 Å². The van der Waals surface area contributed by atoms with Gasteiger partial charge < -0.3 is 10.0 Å². The summed E-state index contributed by atoms with van der Waals surface area (Å²) in [5.74, 6) is -0.764. The summed E-state index contributed by atoms with van der Waals surface area (Å²) in [7, 11) is 1.63. The molecule has 3 aromatic rings. The summed E-state index contributed by atoms with van der Waals surface area (Å²) in [5.41, 5.74) is 1.40. The van der Waals surface area contributed by atoms with Crippen LogP contribution in [0.25, 0.3) is 10.9 Å². The van der Waals surface area contributed by atoms with Gasteiger partial charge in [0.15, 0.2) is 5.75 Å². The van der Waals surface area contributed by atoms with Crippen LogP contribution in [-0.4, -0.2) is 27.9 Å². The van der Waals surface area contributed by atoms with Gasteiger partial charge >= 0.3 is 0 Å². The molecular formula is C18H15FN2O2. The van der Waals surface area contributed by atoms with Gasteiger partial charge in [-0.15, -0.1) is 0 Å². The van der Waals surface area contributed by atoms with Crippen molar-refractivity contribution in [2.24, 2.45) is 0 Å². The Morgan fingerprint density at radius 3 is 2.65 bits per heavy atom. The smallest absolute Gasteiger partial charge is 0.257 e. The van der Waals surface area contributed by atoms with Crippen molar-refractivity contribution < 1.29 is 14.3 Å². The largest absolute Gasteiger partial charge is 0.505 e. The summed E-state index contributed by atoms with van der Waals surface area (Å²) >= 11 is 0. The van der Waals surface area contributed by atoms with E-state index in [0.717, 1.165) is 10.9 Å². The van der Waals surface area contributed by atoms with Gasteiger partial charge in [-0.25, -0.2) is 4.39 Å². The quantitative estimate of drug-likeness (QED) is 0.807. The van der Waals surface area contributed by atoms with Crippen LogP contribution in [0.3, 0.4) is 0 Å². The molecule has 0 spiro atoms. The Kier molecular flexibility index (Phi) is 3.93. The van der Waals surface area contributed by atoms with Crippen LogP contribution in [0, 0.1) is 5.82 Å². The van der Waals surface area contributed by atoms with E-state index in [1.54, 1.807) is 43.6 Å². The highest BCUT2D eigenvalue weighted by Gasteiger charge is 2.18. The number of halogens is 1. The Morgan fingerprint density at radius 1 is 1.17 bits per heavy atom. The Balaban J connectivity index is 1.87. The maximum absolute atomic E-state index is 12.9. The summed E-state index contributed by atoms with van der Waals surface area (Å²) in [6.45, 7) is 0.318. The van der Waals surface area contributed by atoms with Crippen molar-refractivity contribution in [2.45, 2.75) is 6.54 Å². The Hall–Kier alpha value is -2.95. The molecule has 1 heterocycles. The molecule has 0 unspecified atom stereocenters. The second-order valence-corrected chi connectivity index (χ2v) is 5.32. The number of aromatic hydroxyl groups is 1. The zero-order valence-electron chi connectivity index (χ0n) is 12.5. The molecule has 2 aromatic carbocycles. The standard InChI is InChI=1S/C18H15FN2O2/c1-21(11-12-4-7-14(19)8-5-12)18(23)15-9-6-13-3-2-10-20-16(13)17(15)22/h2-10,22H,11H2,1H3. The molecule has 1 amide bonds. The predicted octanol–water partition coefficient (Wildman–Crippen LogP) is 3.35. The zero-order chi connectivity index (χ0) is 16.4. The Morgan fingerprint density at radius 2 is 1.91 bits per heavy atom. The maximum Gasteiger partial charge on any atom is 0.257 e. The van der Waals surface area contributed by atoms with Gasteiger partial charge in [-0.1, -0.05) is 24.3 Å². The fraction of sp³-hybridized carbons (Fsp3) is 0.111. The lowest BCUT2D eigenvalue weighted by Crippen LogP contribution is -2.26. The number of aromatic nitrogens is 1. The number of rotatable bonds is 3. The number of carbonyl (C=O) groups is 1. The first-order chi connectivity index (χ1) is 11.1. The van der Waals surface area contributed by atoms with Gasteiger partial charge in [0, 0.05) is 25.2 Å². The molecule has 116 valence electrons. The molecule has 0 saturated carbocycles. The van der Waals surface area contributed by atoms with Crippen LogP contribution in [0.2, 0.25) is 0 Å². The first-order valence-electron chi connectivity index (χ1n) is 7.13. The normalized spacial score (nSPS) is 10.7. The molecule has 4 nitrogen and oxygen atoms in total. The molecule has 0 saturated heterocycles. The number of hydrogen-bond donors (Lipinski definition) is 1. The zero-order valence-corrected chi connectivity index (χ0v) is 12.5. The molecule has 1 N–H and O–H groups in total. The van der Waals surface area contributed by atoms with Crippen molar-refractivity contribution in [3.05, 3.63) is 71.7 Å². The summed E-state index contributed by atoms with van der Waals surface area (Å²) in [6.07, 6.45) is 1.57. The van der Waals surface area contributed by atoms with E-state index >= 15 is 0 Å². The van der Waals surface area contributed by atoms with Crippen LogP contribution < -0.4 is 0 Å². The molecule has 1 aromatic heterocycles. The lowest BCUT2D eigenvalue weighted by molar-refractivity contribution is 0.0782. The van der Waals surface area contributed by atoms with Gasteiger partial charge in [0.25, 0.3) is 5.91 Å². The molecule has 0 aliphatic carbocycles. The highest BCUT2D eigenvalue weighted by atomic mass is 19.1. The number of pyridine rings is 1. The second-order valence-electron chi connectivity index (χ2n) is 5.32. The number of carbonyl (C=O) groups excluding carboxylic acids is 1. The highest BCUT2D eigenvalue weighted by Crippen LogP contribution is 2.27. The summed E-state index contributed by atoms with van der Waals surface area (Å²) in [4.78, 5) is 18.1. The van der Waals surface area contributed by atoms with Crippen molar-refractivity contribution >= 4 is 16.8 Å². The van der Waals surface area contributed by atoms with E-state index in [2.05, 4.69) is 4.98 Å². The summed E-state index contributed by atoms with van der Waals surface area (Å²) in [5, 5.41) is 11.1. The summed E-state index contributed by atoms with van der Waals surface area (Å²) < 4.78 is 12.9. The molecule has 0 aliphatic heterocycles. The third kappa shape index (κ3) is 2.99. The van der Waals surface area contributed by atoms with Gasteiger partial charge in [0.1, 0.15) is 11.3 Å². The molecule has 23 heavy (non-hydrogen) atoms. The first-order valence-corrected chi connectivity index (χ1v) is 7.13. The molecular weight excluding hydrogens is 295 g/mol. The molecule has 0 bridgehead atoms. The van der Waals surface area contributed by atoms with Crippen molar-refractivity contribution in [2.75, 3.05) is 7.05 Å². The number of benzene rings is 2. The minimum absolute atomic E-state index is 0.126. The molecule has 0 fully saturated rings. The second kappa shape index (κ2) is 6.04. The topological polar surface area (TPSA) is 53.4 Å². The van der Waals surface area contributed by atoms with Gasteiger partial charge in [-0.05, 0) is 29.8 Å². The maximum atomic E-state index is 12.9. The van der Waals surface area contributed by atoms with Gasteiger partial charge in [0.2, 0.25) is 0 Å². The lowest BCUT2D eigenvalue weighted by atomic mass is 10.1. The predicted molar refractivity (Wildman–Crippen MR) is 85.6 cm³/mol. The SMILES string of the molecule is CN(Cc1ccc(F)cc1)C(=O)c1ccc2cccnc2c1O. The third-order valence-corrected chi connectivity index (χ3v) is 3.66. The van der Waals surface area contributed by atoms with Crippen LogP contribution in [0.1, 0.15) is 15.9 Å². The van der Waals surface area contributed by atoms with Crippen LogP contribution in [-0.2, 0) is 6.54 Å². The van der Waals surface area contributed by atoms with Crippen molar-refractivity contribution in [1.29, 1.82) is 0 Å². The van der Waals surface area contributed by atoms with E-state index in [-0.39, 0.29) is 23.0 Å². The van der Waals surface area contributed by atoms with Crippen molar-refractivity contribution in [3.63, 3.8) is 0 Å². The van der Waals surface area contributed by atoms with E-state index in [9.17, 15) is 14.3 Å². The minimum Gasteiger partial charge on any atom is -0.505 e. The van der Waals surface area contributed by atoms with Crippen molar-refractivity contribution in [1.82, 2.24) is 9.88 Å². The van der Waals surface area contributed by atoms with Gasteiger partial charge in [-0.3, -0.25) is 9.78 Å². The third-order valence-electron chi connectivity index (χ3n) is 3.66. The molecule has 0 atom stereocenters. The number of fused-ring (bicyclic) bond motifs is 1. The average Bonchev–Trinajstić information content (AvgIpc) is 2.57. The van der Waals surface area contributed by atoms with E-state index < -0.39 is 0 Å². The molecule has 0 radical (unpaired) electrons. The van der Waals surface area contributed by atoms with Crippen molar-refractivity contribution in [3.8, 4) is 5.75 Å². The van der Waals surface area contributed by atoms with E-state index in [1.807, 2.05) is 6.07 Å². The average molecular weight is 310 g/mol. The molecule has 3 rings (SSSR count). The van der Waals surface area contributed by atoms with E-state index in [0.29, 0.717) is 12.1 Å². The molecule has 5 heteroatoms. The number of phenols is 1. The van der Waals surface area contributed by atoms with Crippen LogP contribution >= 0.6 is 0 Å². The van der Waals surface area contributed by atoms with Gasteiger partial charge in [0.05, 0.1) is 5.56 Å². The summed E-state index contributed by atoms with van der Waals surface area (Å²) in [6, 6.07) is 12.9.